The maximum absolute atomic E-state index is 13.0. The summed E-state index contributed by atoms with van der Waals surface area (Å²) in [6.45, 7) is 2.41. The summed E-state index contributed by atoms with van der Waals surface area (Å²) >= 11 is 0. The molecule has 1 aromatic rings. The Hall–Kier alpha value is -1.38. The molecule has 2 unspecified atom stereocenters. The molecule has 21 heavy (non-hydrogen) atoms. The van der Waals surface area contributed by atoms with E-state index in [0.717, 1.165) is 25.7 Å². The van der Waals surface area contributed by atoms with E-state index in [9.17, 15) is 8.42 Å². The molecule has 3 rings (SSSR count). The highest BCUT2D eigenvalue weighted by atomic mass is 32.2. The van der Waals surface area contributed by atoms with Gasteiger partial charge in [-0.3, -0.25) is 0 Å². The van der Waals surface area contributed by atoms with Crippen LogP contribution in [0.3, 0.4) is 0 Å². The van der Waals surface area contributed by atoms with Crippen LogP contribution < -0.4 is 0 Å². The van der Waals surface area contributed by atoms with Gasteiger partial charge in [-0.1, -0.05) is 18.9 Å². The van der Waals surface area contributed by atoms with Crippen molar-refractivity contribution in [1.29, 1.82) is 5.26 Å². The topological polar surface area (TPSA) is 61.2 Å². The molecule has 1 heterocycles. The molecule has 4 nitrogen and oxygen atoms in total. The lowest BCUT2D eigenvalue weighted by molar-refractivity contribution is 0.260. The Morgan fingerprint density at radius 2 is 2.00 bits per heavy atom. The zero-order chi connectivity index (χ0) is 15.0. The van der Waals surface area contributed by atoms with E-state index in [1.165, 1.54) is 12.5 Å². The number of benzene rings is 1. The van der Waals surface area contributed by atoms with Crippen molar-refractivity contribution < 1.29 is 8.42 Å². The summed E-state index contributed by atoms with van der Waals surface area (Å²) in [4.78, 5) is 0.299. The first-order chi connectivity index (χ1) is 10.0. The molecular formula is C16H20N2O2S. The van der Waals surface area contributed by atoms with Crippen molar-refractivity contribution in [2.45, 2.75) is 50.0 Å². The second-order valence-corrected chi connectivity index (χ2v) is 7.97. The molecule has 112 valence electrons. The molecule has 1 saturated carbocycles. The van der Waals surface area contributed by atoms with Crippen molar-refractivity contribution in [2.24, 2.45) is 5.92 Å². The molecule has 0 aromatic heterocycles. The molecule has 1 aromatic carbocycles. The van der Waals surface area contributed by atoms with Crippen LogP contribution in [0.5, 0.6) is 0 Å². The van der Waals surface area contributed by atoms with E-state index in [2.05, 4.69) is 0 Å². The SMILES string of the molecule is Cc1ccc(C#N)cc1S(=O)(=O)N1CCC2CCCCC21. The third-order valence-electron chi connectivity index (χ3n) is 4.86. The molecule has 2 atom stereocenters. The van der Waals surface area contributed by atoms with Crippen LogP contribution in [0.4, 0.5) is 0 Å². The third-order valence-corrected chi connectivity index (χ3v) is 6.93. The monoisotopic (exact) mass is 304 g/mol. The molecule has 0 spiro atoms. The van der Waals surface area contributed by atoms with Gasteiger partial charge in [-0.05, 0) is 49.8 Å². The summed E-state index contributed by atoms with van der Waals surface area (Å²) in [6, 6.07) is 7.10. The first-order valence-corrected chi connectivity index (χ1v) is 9.00. The van der Waals surface area contributed by atoms with Crippen LogP contribution in [0.2, 0.25) is 0 Å². The van der Waals surface area contributed by atoms with Gasteiger partial charge in [0.1, 0.15) is 0 Å². The minimum atomic E-state index is -3.49. The maximum atomic E-state index is 13.0. The zero-order valence-electron chi connectivity index (χ0n) is 12.2. The van der Waals surface area contributed by atoms with Gasteiger partial charge in [-0.2, -0.15) is 9.57 Å². The van der Waals surface area contributed by atoms with Gasteiger partial charge >= 0.3 is 0 Å². The summed E-state index contributed by atoms with van der Waals surface area (Å²) in [7, 11) is -3.49. The quantitative estimate of drug-likeness (QED) is 0.844. The van der Waals surface area contributed by atoms with Crippen LogP contribution in [0.15, 0.2) is 23.1 Å². The number of hydrogen-bond acceptors (Lipinski definition) is 3. The third kappa shape index (κ3) is 2.47. The van der Waals surface area contributed by atoms with Gasteiger partial charge in [-0.15, -0.1) is 0 Å². The number of nitriles is 1. The van der Waals surface area contributed by atoms with Gasteiger partial charge in [0.25, 0.3) is 0 Å². The van der Waals surface area contributed by atoms with Gasteiger partial charge < -0.3 is 0 Å². The fraction of sp³-hybridized carbons (Fsp3) is 0.562. The summed E-state index contributed by atoms with van der Waals surface area (Å²) in [6.07, 6.45) is 5.43. The molecule has 2 aliphatic rings. The van der Waals surface area contributed by atoms with Crippen LogP contribution in [-0.2, 0) is 10.0 Å². The van der Waals surface area contributed by atoms with E-state index in [4.69, 9.17) is 5.26 Å². The Balaban J connectivity index is 1.99. The van der Waals surface area contributed by atoms with Crippen molar-refractivity contribution in [2.75, 3.05) is 6.54 Å². The standard InChI is InChI=1S/C16H20N2O2S/c1-12-6-7-13(11-17)10-16(12)21(19,20)18-9-8-14-4-2-3-5-15(14)18/h6-7,10,14-15H,2-5,8-9H2,1H3. The van der Waals surface area contributed by atoms with E-state index < -0.39 is 10.0 Å². The summed E-state index contributed by atoms with van der Waals surface area (Å²) < 4.78 is 27.7. The van der Waals surface area contributed by atoms with Gasteiger partial charge in [0.2, 0.25) is 10.0 Å². The number of hydrogen-bond donors (Lipinski definition) is 0. The molecular weight excluding hydrogens is 284 g/mol. The van der Waals surface area contributed by atoms with E-state index in [0.29, 0.717) is 28.5 Å². The van der Waals surface area contributed by atoms with Crippen molar-refractivity contribution in [1.82, 2.24) is 4.31 Å². The molecule has 5 heteroatoms. The number of aryl methyl sites for hydroxylation is 1. The molecule has 1 aliphatic carbocycles. The Morgan fingerprint density at radius 1 is 1.24 bits per heavy atom. The Labute approximate surface area is 126 Å². The minimum absolute atomic E-state index is 0.161. The molecule has 0 N–H and O–H groups in total. The highest BCUT2D eigenvalue weighted by Gasteiger charge is 2.42. The maximum Gasteiger partial charge on any atom is 0.243 e. The lowest BCUT2D eigenvalue weighted by atomic mass is 9.86. The Bertz CT molecular complexity index is 691. The van der Waals surface area contributed by atoms with Crippen molar-refractivity contribution in [3.63, 3.8) is 0 Å². The Morgan fingerprint density at radius 3 is 2.76 bits per heavy atom. The molecule has 0 bridgehead atoms. The van der Waals surface area contributed by atoms with Gasteiger partial charge in [0.15, 0.2) is 0 Å². The number of fused-ring (bicyclic) bond motifs is 1. The normalized spacial score (nSPS) is 26.3. The smallest absolute Gasteiger partial charge is 0.207 e. The highest BCUT2D eigenvalue weighted by Crippen LogP contribution is 2.39. The average Bonchev–Trinajstić information content (AvgIpc) is 2.92. The van der Waals surface area contributed by atoms with E-state index in [1.54, 1.807) is 23.4 Å². The van der Waals surface area contributed by atoms with E-state index >= 15 is 0 Å². The van der Waals surface area contributed by atoms with Crippen molar-refractivity contribution >= 4 is 10.0 Å². The van der Waals surface area contributed by atoms with Gasteiger partial charge in [0, 0.05) is 12.6 Å². The van der Waals surface area contributed by atoms with Crippen LogP contribution in [-0.4, -0.2) is 25.3 Å². The second kappa shape index (κ2) is 5.43. The van der Waals surface area contributed by atoms with Crippen LogP contribution >= 0.6 is 0 Å². The summed E-state index contributed by atoms with van der Waals surface area (Å²) in [5, 5.41) is 9.01. The largest absolute Gasteiger partial charge is 0.243 e. The fourth-order valence-corrected chi connectivity index (χ4v) is 5.72. The average molecular weight is 304 g/mol. The number of nitrogens with zero attached hydrogens (tertiary/aromatic N) is 2. The highest BCUT2D eigenvalue weighted by molar-refractivity contribution is 7.89. The van der Waals surface area contributed by atoms with E-state index in [-0.39, 0.29) is 6.04 Å². The molecule has 0 radical (unpaired) electrons. The van der Waals surface area contributed by atoms with Crippen LogP contribution in [0.1, 0.15) is 43.2 Å². The first kappa shape index (κ1) is 14.6. The molecule has 1 saturated heterocycles. The molecule has 0 amide bonds. The predicted octanol–water partition coefficient (Wildman–Crippen LogP) is 2.82. The first-order valence-electron chi connectivity index (χ1n) is 7.56. The lowest BCUT2D eigenvalue weighted by Gasteiger charge is -2.31. The fourth-order valence-electron chi connectivity index (χ4n) is 3.74. The number of rotatable bonds is 2. The van der Waals surface area contributed by atoms with Gasteiger partial charge in [-0.25, -0.2) is 8.42 Å². The predicted molar refractivity (Wildman–Crippen MR) is 80.1 cm³/mol. The molecule has 2 fully saturated rings. The molecule has 1 aliphatic heterocycles. The van der Waals surface area contributed by atoms with Crippen molar-refractivity contribution in [3.05, 3.63) is 29.3 Å². The lowest BCUT2D eigenvalue weighted by Crippen LogP contribution is -2.39. The minimum Gasteiger partial charge on any atom is -0.207 e. The van der Waals surface area contributed by atoms with Crippen LogP contribution in [0, 0.1) is 24.2 Å². The zero-order valence-corrected chi connectivity index (χ0v) is 13.1. The van der Waals surface area contributed by atoms with Crippen molar-refractivity contribution in [3.8, 4) is 6.07 Å². The Kier molecular flexibility index (Phi) is 3.76. The second-order valence-electron chi connectivity index (χ2n) is 6.11. The number of sulfonamides is 1. The van der Waals surface area contributed by atoms with Crippen LogP contribution in [0.25, 0.3) is 0 Å². The summed E-state index contributed by atoms with van der Waals surface area (Å²) in [5.74, 6) is 0.521. The van der Waals surface area contributed by atoms with E-state index in [1.807, 2.05) is 6.07 Å². The summed E-state index contributed by atoms with van der Waals surface area (Å²) in [5.41, 5.74) is 1.12. The van der Waals surface area contributed by atoms with Gasteiger partial charge in [0.05, 0.1) is 16.5 Å².